The maximum absolute atomic E-state index is 12.4. The van der Waals surface area contributed by atoms with Crippen molar-refractivity contribution in [2.75, 3.05) is 0 Å². The van der Waals surface area contributed by atoms with Gasteiger partial charge in [-0.25, -0.2) is 4.79 Å². The molecule has 0 saturated carbocycles. The Morgan fingerprint density at radius 3 is 2.68 bits per heavy atom. The zero-order valence-corrected chi connectivity index (χ0v) is 15.1. The van der Waals surface area contributed by atoms with Crippen LogP contribution in [-0.4, -0.2) is 29.3 Å². The zero-order chi connectivity index (χ0) is 18.2. The second-order valence-corrected chi connectivity index (χ2v) is 6.82. The summed E-state index contributed by atoms with van der Waals surface area (Å²) < 4.78 is 10.9. The lowest BCUT2D eigenvalue weighted by Gasteiger charge is -2.20. The lowest BCUT2D eigenvalue weighted by Crippen LogP contribution is -2.20. The number of phenolic OH excluding ortho intramolecular Hbond substituents is 1. The highest BCUT2D eigenvalue weighted by molar-refractivity contribution is 5.91. The molecule has 5 heteroatoms. The lowest BCUT2D eigenvalue weighted by atomic mass is 9.98. The molecule has 1 aliphatic rings. The highest BCUT2D eigenvalue weighted by atomic mass is 16.5. The van der Waals surface area contributed by atoms with Crippen LogP contribution in [-0.2, 0) is 20.7 Å². The summed E-state index contributed by atoms with van der Waals surface area (Å²) in [6.07, 6.45) is 6.56. The molecule has 5 nitrogen and oxygen atoms in total. The Bertz CT molecular complexity index is 596. The average Bonchev–Trinajstić information content (AvgIpc) is 2.53. The van der Waals surface area contributed by atoms with E-state index in [4.69, 9.17) is 9.47 Å². The number of ether oxygens (including phenoxy) is 2. The van der Waals surface area contributed by atoms with Crippen LogP contribution >= 0.6 is 0 Å². The second-order valence-electron chi connectivity index (χ2n) is 6.82. The standard InChI is InChI=1S/C20H28O5/c1-14-7-6-10-18(25-15(2)21)9-5-3-4-8-16-13-17(22)11-12-19(16)20(23)24-14/h11-14,18,22H,3-10H2,1-2H3. The first-order valence-corrected chi connectivity index (χ1v) is 9.16. The highest BCUT2D eigenvalue weighted by Crippen LogP contribution is 2.23. The van der Waals surface area contributed by atoms with Crippen molar-refractivity contribution in [3.8, 4) is 5.75 Å². The van der Waals surface area contributed by atoms with Crippen molar-refractivity contribution in [1.29, 1.82) is 0 Å². The molecule has 1 aliphatic heterocycles. The van der Waals surface area contributed by atoms with E-state index in [9.17, 15) is 14.7 Å². The van der Waals surface area contributed by atoms with Gasteiger partial charge in [0.15, 0.2) is 0 Å². The maximum atomic E-state index is 12.4. The third-order valence-electron chi connectivity index (χ3n) is 4.56. The number of hydrogen-bond acceptors (Lipinski definition) is 5. The third kappa shape index (κ3) is 6.40. The number of esters is 2. The largest absolute Gasteiger partial charge is 0.508 e. The molecule has 0 saturated heterocycles. The van der Waals surface area contributed by atoms with Crippen molar-refractivity contribution >= 4 is 11.9 Å². The Balaban J connectivity index is 2.09. The van der Waals surface area contributed by atoms with Crippen LogP contribution in [0.2, 0.25) is 0 Å². The summed E-state index contributed by atoms with van der Waals surface area (Å²) in [5.74, 6) is -0.415. The number of carbonyl (C=O) groups is 2. The van der Waals surface area contributed by atoms with Crippen LogP contribution in [0.3, 0.4) is 0 Å². The van der Waals surface area contributed by atoms with E-state index in [0.29, 0.717) is 12.0 Å². The summed E-state index contributed by atoms with van der Waals surface area (Å²) in [6, 6.07) is 4.81. The zero-order valence-electron chi connectivity index (χ0n) is 15.1. The summed E-state index contributed by atoms with van der Waals surface area (Å²) in [5, 5.41) is 9.72. The Kier molecular flexibility index (Phi) is 7.29. The van der Waals surface area contributed by atoms with Crippen LogP contribution < -0.4 is 0 Å². The van der Waals surface area contributed by atoms with Crippen molar-refractivity contribution in [3.63, 3.8) is 0 Å². The fraction of sp³-hybridized carbons (Fsp3) is 0.600. The predicted octanol–water partition coefficient (Wildman–Crippen LogP) is 4.16. The van der Waals surface area contributed by atoms with Crippen molar-refractivity contribution in [2.24, 2.45) is 0 Å². The first-order chi connectivity index (χ1) is 12.0. The average molecular weight is 348 g/mol. The summed E-state index contributed by atoms with van der Waals surface area (Å²) >= 11 is 0. The smallest absolute Gasteiger partial charge is 0.338 e. The first-order valence-electron chi connectivity index (χ1n) is 9.16. The molecule has 0 aliphatic carbocycles. The monoisotopic (exact) mass is 348 g/mol. The molecule has 0 bridgehead atoms. The normalized spacial score (nSPS) is 23.0. The Labute approximate surface area is 149 Å². The van der Waals surface area contributed by atoms with E-state index in [1.54, 1.807) is 12.1 Å². The molecule has 1 aromatic carbocycles. The van der Waals surface area contributed by atoms with Gasteiger partial charge in [-0.05, 0) is 75.6 Å². The number of phenols is 1. The van der Waals surface area contributed by atoms with E-state index in [2.05, 4.69) is 0 Å². The molecule has 1 heterocycles. The molecule has 0 radical (unpaired) electrons. The third-order valence-corrected chi connectivity index (χ3v) is 4.56. The first kappa shape index (κ1) is 19.3. The number of rotatable bonds is 1. The van der Waals surface area contributed by atoms with Crippen molar-refractivity contribution in [2.45, 2.75) is 77.4 Å². The maximum Gasteiger partial charge on any atom is 0.338 e. The van der Waals surface area contributed by atoms with E-state index < -0.39 is 0 Å². The molecular weight excluding hydrogens is 320 g/mol. The molecule has 0 spiro atoms. The van der Waals surface area contributed by atoms with Gasteiger partial charge in [0.25, 0.3) is 0 Å². The Hall–Kier alpha value is -2.04. The quantitative estimate of drug-likeness (QED) is 0.772. The van der Waals surface area contributed by atoms with E-state index in [1.165, 1.54) is 13.0 Å². The Morgan fingerprint density at radius 1 is 1.16 bits per heavy atom. The fourth-order valence-electron chi connectivity index (χ4n) is 3.29. The number of hydrogen-bond donors (Lipinski definition) is 1. The van der Waals surface area contributed by atoms with Gasteiger partial charge in [-0.15, -0.1) is 0 Å². The molecule has 138 valence electrons. The molecule has 2 unspecified atom stereocenters. The minimum atomic E-state index is -0.337. The molecule has 2 rings (SSSR count). The number of carbonyl (C=O) groups excluding carboxylic acids is 2. The topological polar surface area (TPSA) is 72.8 Å². The van der Waals surface area contributed by atoms with Gasteiger partial charge >= 0.3 is 11.9 Å². The molecule has 0 aromatic heterocycles. The van der Waals surface area contributed by atoms with E-state index in [0.717, 1.165) is 50.5 Å². The van der Waals surface area contributed by atoms with Gasteiger partial charge < -0.3 is 14.6 Å². The van der Waals surface area contributed by atoms with Crippen LogP contribution in [0.15, 0.2) is 18.2 Å². The number of fused-ring (bicyclic) bond motifs is 1. The van der Waals surface area contributed by atoms with Crippen molar-refractivity contribution in [1.82, 2.24) is 0 Å². The molecule has 0 fully saturated rings. The fourth-order valence-corrected chi connectivity index (χ4v) is 3.29. The van der Waals surface area contributed by atoms with E-state index in [1.807, 2.05) is 6.92 Å². The second kappa shape index (κ2) is 9.44. The van der Waals surface area contributed by atoms with Gasteiger partial charge in [-0.3, -0.25) is 4.79 Å². The minimum absolute atomic E-state index is 0.0559. The molecular formula is C20H28O5. The molecule has 2 atom stereocenters. The van der Waals surface area contributed by atoms with Crippen LogP contribution in [0.5, 0.6) is 5.75 Å². The van der Waals surface area contributed by atoms with Gasteiger partial charge in [-0.2, -0.15) is 0 Å². The predicted molar refractivity (Wildman–Crippen MR) is 94.6 cm³/mol. The SMILES string of the molecule is CC(=O)OC1CCCCCc2cc(O)ccc2C(=O)OC(C)CCC1. The van der Waals surface area contributed by atoms with Gasteiger partial charge in [0.05, 0.1) is 11.7 Å². The lowest BCUT2D eigenvalue weighted by molar-refractivity contribution is -0.147. The molecule has 1 aromatic rings. The summed E-state index contributed by atoms with van der Waals surface area (Å²) in [6.45, 7) is 3.32. The molecule has 0 amide bonds. The van der Waals surface area contributed by atoms with E-state index in [-0.39, 0.29) is 29.9 Å². The van der Waals surface area contributed by atoms with Crippen molar-refractivity contribution in [3.05, 3.63) is 29.3 Å². The number of aryl methyl sites for hydroxylation is 1. The van der Waals surface area contributed by atoms with Gasteiger partial charge in [0.2, 0.25) is 0 Å². The van der Waals surface area contributed by atoms with Gasteiger partial charge in [0.1, 0.15) is 11.9 Å². The summed E-state index contributed by atoms with van der Waals surface area (Å²) in [5.41, 5.74) is 1.37. The van der Waals surface area contributed by atoms with Crippen LogP contribution in [0, 0.1) is 0 Å². The van der Waals surface area contributed by atoms with Gasteiger partial charge in [-0.1, -0.05) is 6.42 Å². The van der Waals surface area contributed by atoms with Crippen LogP contribution in [0.25, 0.3) is 0 Å². The number of aromatic hydroxyl groups is 1. The minimum Gasteiger partial charge on any atom is -0.508 e. The van der Waals surface area contributed by atoms with Crippen LogP contribution in [0.1, 0.15) is 74.7 Å². The summed E-state index contributed by atoms with van der Waals surface area (Å²) in [4.78, 5) is 23.7. The van der Waals surface area contributed by atoms with Crippen molar-refractivity contribution < 1.29 is 24.2 Å². The molecule has 25 heavy (non-hydrogen) atoms. The van der Waals surface area contributed by atoms with Crippen LogP contribution in [0.4, 0.5) is 0 Å². The Morgan fingerprint density at radius 2 is 1.92 bits per heavy atom. The number of benzene rings is 1. The molecule has 1 N–H and O–H groups in total. The van der Waals surface area contributed by atoms with E-state index >= 15 is 0 Å². The highest BCUT2D eigenvalue weighted by Gasteiger charge is 2.18. The summed E-state index contributed by atoms with van der Waals surface area (Å²) in [7, 11) is 0. The number of cyclic esters (lactones) is 1. The van der Waals surface area contributed by atoms with Gasteiger partial charge in [0, 0.05) is 6.92 Å².